The molecule has 0 aromatic carbocycles. The fraction of sp³-hybridized carbons (Fsp3) is 0.765. The number of rotatable bonds is 2. The van der Waals surface area contributed by atoms with Gasteiger partial charge in [0.25, 0.3) is 0 Å². The molecule has 0 saturated carbocycles. The van der Waals surface area contributed by atoms with Crippen LogP contribution in [-0.2, 0) is 6.54 Å². The lowest BCUT2D eigenvalue weighted by Crippen LogP contribution is -2.52. The van der Waals surface area contributed by atoms with Crippen LogP contribution in [0, 0.1) is 19.3 Å². The molecule has 1 atom stereocenters. The van der Waals surface area contributed by atoms with Gasteiger partial charge in [0.05, 0.1) is 6.10 Å². The molecular formula is C17H28N2OS. The second kappa shape index (κ2) is 5.99. The Labute approximate surface area is 132 Å². The van der Waals surface area contributed by atoms with Crippen molar-refractivity contribution in [3.63, 3.8) is 0 Å². The predicted octanol–water partition coefficient (Wildman–Crippen LogP) is 2.64. The minimum atomic E-state index is -0.128. The molecule has 2 fully saturated rings. The Morgan fingerprint density at radius 3 is 2.62 bits per heavy atom. The van der Waals surface area contributed by atoms with Gasteiger partial charge in [-0.1, -0.05) is 0 Å². The molecule has 0 bridgehead atoms. The summed E-state index contributed by atoms with van der Waals surface area (Å²) in [5, 5.41) is 10.1. The van der Waals surface area contributed by atoms with Crippen LogP contribution in [0.3, 0.4) is 0 Å². The van der Waals surface area contributed by atoms with Crippen molar-refractivity contribution >= 4 is 11.3 Å². The van der Waals surface area contributed by atoms with Crippen molar-refractivity contribution in [2.45, 2.75) is 45.8 Å². The van der Waals surface area contributed by atoms with Crippen molar-refractivity contribution in [3.8, 4) is 0 Å². The third-order valence-electron chi connectivity index (χ3n) is 5.25. The fourth-order valence-electron chi connectivity index (χ4n) is 4.25. The van der Waals surface area contributed by atoms with E-state index in [0.29, 0.717) is 5.41 Å². The van der Waals surface area contributed by atoms with Crippen LogP contribution < -0.4 is 0 Å². The maximum atomic E-state index is 10.1. The third kappa shape index (κ3) is 3.50. The first-order chi connectivity index (χ1) is 9.96. The Kier molecular flexibility index (Phi) is 4.42. The lowest BCUT2D eigenvalue weighted by atomic mass is 9.71. The van der Waals surface area contributed by atoms with Crippen molar-refractivity contribution < 1.29 is 5.11 Å². The Balaban J connectivity index is 1.59. The summed E-state index contributed by atoms with van der Waals surface area (Å²) in [4.78, 5) is 7.81. The van der Waals surface area contributed by atoms with E-state index in [0.717, 1.165) is 26.1 Å². The molecule has 1 N–H and O–H groups in total. The average Bonchev–Trinajstić information content (AvgIpc) is 2.69. The fourth-order valence-corrected chi connectivity index (χ4v) is 5.19. The van der Waals surface area contributed by atoms with Gasteiger partial charge in [0, 0.05) is 29.4 Å². The molecular weight excluding hydrogens is 280 g/mol. The van der Waals surface area contributed by atoms with E-state index in [-0.39, 0.29) is 6.10 Å². The maximum Gasteiger partial charge on any atom is 0.0672 e. The number of likely N-dealkylation sites (tertiary alicyclic amines) is 2. The molecule has 1 aromatic rings. The number of piperidine rings is 2. The summed E-state index contributed by atoms with van der Waals surface area (Å²) >= 11 is 1.91. The number of aliphatic hydroxyl groups is 1. The molecule has 0 radical (unpaired) electrons. The normalized spacial score (nSPS) is 27.3. The topological polar surface area (TPSA) is 26.7 Å². The Morgan fingerprint density at radius 2 is 2.05 bits per heavy atom. The Bertz CT molecular complexity index is 479. The second-order valence-electron chi connectivity index (χ2n) is 7.27. The standard InChI is InChI=1S/C17H28N2OS/c1-13-8-15(14(2)21-13)10-19-6-4-17(5-7-19)9-16(20)11-18(3)12-17/h8,16,20H,4-7,9-12H2,1-3H3. The number of nitrogens with zero attached hydrogens (tertiary/aromatic N) is 2. The smallest absolute Gasteiger partial charge is 0.0672 e. The monoisotopic (exact) mass is 308 g/mol. The summed E-state index contributed by atoms with van der Waals surface area (Å²) in [5.74, 6) is 0. The van der Waals surface area contributed by atoms with Crippen LogP contribution >= 0.6 is 11.3 Å². The van der Waals surface area contributed by atoms with E-state index >= 15 is 0 Å². The van der Waals surface area contributed by atoms with Gasteiger partial charge >= 0.3 is 0 Å². The summed E-state index contributed by atoms with van der Waals surface area (Å²) in [6.07, 6.45) is 3.34. The van der Waals surface area contributed by atoms with Gasteiger partial charge in [0.15, 0.2) is 0 Å². The van der Waals surface area contributed by atoms with Gasteiger partial charge in [-0.15, -0.1) is 11.3 Å². The van der Waals surface area contributed by atoms with Gasteiger partial charge < -0.3 is 10.0 Å². The Morgan fingerprint density at radius 1 is 1.33 bits per heavy atom. The van der Waals surface area contributed by atoms with Crippen molar-refractivity contribution in [3.05, 3.63) is 21.4 Å². The lowest BCUT2D eigenvalue weighted by molar-refractivity contribution is -0.0331. The number of thiophene rings is 1. The van der Waals surface area contributed by atoms with E-state index in [9.17, 15) is 5.11 Å². The molecule has 3 nitrogen and oxygen atoms in total. The van der Waals surface area contributed by atoms with E-state index in [1.807, 2.05) is 11.3 Å². The molecule has 2 aliphatic heterocycles. The van der Waals surface area contributed by atoms with Crippen LogP contribution in [0.4, 0.5) is 0 Å². The number of hydrogen-bond donors (Lipinski definition) is 1. The van der Waals surface area contributed by atoms with E-state index in [2.05, 4.69) is 36.8 Å². The van der Waals surface area contributed by atoms with Crippen LogP contribution in [0.2, 0.25) is 0 Å². The predicted molar refractivity (Wildman–Crippen MR) is 88.9 cm³/mol. The van der Waals surface area contributed by atoms with Gasteiger partial charge in [-0.2, -0.15) is 0 Å². The van der Waals surface area contributed by atoms with Gasteiger partial charge in [0.2, 0.25) is 0 Å². The van der Waals surface area contributed by atoms with E-state index < -0.39 is 0 Å². The average molecular weight is 308 g/mol. The first-order valence-electron chi connectivity index (χ1n) is 8.11. The highest BCUT2D eigenvalue weighted by atomic mass is 32.1. The molecule has 2 saturated heterocycles. The summed E-state index contributed by atoms with van der Waals surface area (Å²) in [6, 6.07) is 2.35. The number of aliphatic hydroxyl groups excluding tert-OH is 1. The molecule has 21 heavy (non-hydrogen) atoms. The highest BCUT2D eigenvalue weighted by molar-refractivity contribution is 7.12. The number of likely N-dealkylation sites (N-methyl/N-ethyl adjacent to an activating group) is 1. The van der Waals surface area contributed by atoms with Crippen LogP contribution in [0.15, 0.2) is 6.07 Å². The van der Waals surface area contributed by atoms with Gasteiger partial charge in [-0.3, -0.25) is 4.90 Å². The summed E-state index contributed by atoms with van der Waals surface area (Å²) in [7, 11) is 2.15. The molecule has 1 aromatic heterocycles. The summed E-state index contributed by atoms with van der Waals surface area (Å²) in [5.41, 5.74) is 1.87. The van der Waals surface area contributed by atoms with Gasteiger partial charge in [0.1, 0.15) is 0 Å². The highest BCUT2D eigenvalue weighted by Gasteiger charge is 2.40. The van der Waals surface area contributed by atoms with Crippen molar-refractivity contribution in [2.24, 2.45) is 5.41 Å². The van der Waals surface area contributed by atoms with E-state index in [4.69, 9.17) is 0 Å². The lowest BCUT2D eigenvalue weighted by Gasteiger charge is -2.48. The molecule has 118 valence electrons. The van der Waals surface area contributed by atoms with E-state index in [1.54, 1.807) is 0 Å². The molecule has 3 rings (SSSR count). The highest BCUT2D eigenvalue weighted by Crippen LogP contribution is 2.40. The minimum Gasteiger partial charge on any atom is -0.392 e. The number of aryl methyl sites for hydroxylation is 2. The van der Waals surface area contributed by atoms with Gasteiger partial charge in [-0.25, -0.2) is 0 Å². The van der Waals surface area contributed by atoms with Crippen LogP contribution in [-0.4, -0.2) is 54.2 Å². The van der Waals surface area contributed by atoms with Crippen molar-refractivity contribution in [2.75, 3.05) is 33.2 Å². The van der Waals surface area contributed by atoms with Crippen LogP contribution in [0.5, 0.6) is 0 Å². The molecule has 3 heterocycles. The number of β-amino-alcohol motifs (C(OH)–C–C–N with tert-alkyl or cyclic N) is 1. The Hall–Kier alpha value is -0.420. The second-order valence-corrected chi connectivity index (χ2v) is 8.73. The zero-order valence-electron chi connectivity index (χ0n) is 13.6. The first-order valence-corrected chi connectivity index (χ1v) is 8.92. The maximum absolute atomic E-state index is 10.1. The molecule has 2 aliphatic rings. The summed E-state index contributed by atoms with van der Waals surface area (Å²) in [6.45, 7) is 9.90. The van der Waals surface area contributed by atoms with Crippen molar-refractivity contribution in [1.82, 2.24) is 9.80 Å². The molecule has 0 amide bonds. The van der Waals surface area contributed by atoms with Crippen LogP contribution in [0.1, 0.15) is 34.6 Å². The molecule has 1 spiro atoms. The minimum absolute atomic E-state index is 0.128. The molecule has 1 unspecified atom stereocenters. The van der Waals surface area contributed by atoms with Crippen LogP contribution in [0.25, 0.3) is 0 Å². The van der Waals surface area contributed by atoms with E-state index in [1.165, 1.54) is 41.2 Å². The van der Waals surface area contributed by atoms with Crippen molar-refractivity contribution in [1.29, 1.82) is 0 Å². The summed E-state index contributed by atoms with van der Waals surface area (Å²) < 4.78 is 0. The first kappa shape index (κ1) is 15.5. The zero-order valence-corrected chi connectivity index (χ0v) is 14.4. The molecule has 0 aliphatic carbocycles. The molecule has 4 heteroatoms. The SMILES string of the molecule is Cc1cc(CN2CCC3(CC2)CC(O)CN(C)C3)c(C)s1. The quantitative estimate of drug-likeness (QED) is 0.910. The zero-order chi connectivity index (χ0) is 15.0. The third-order valence-corrected chi connectivity index (χ3v) is 6.26. The largest absolute Gasteiger partial charge is 0.392 e. The van der Waals surface area contributed by atoms with Gasteiger partial charge in [-0.05, 0) is 70.3 Å². The number of hydrogen-bond acceptors (Lipinski definition) is 4.